The molecule has 1 unspecified atom stereocenters. The van der Waals surface area contributed by atoms with Crippen LogP contribution in [0.15, 0.2) is 34.9 Å². The Morgan fingerprint density at radius 2 is 1.96 bits per heavy atom. The normalized spacial score (nSPS) is 17.0. The minimum absolute atomic E-state index is 0.0875. The Kier molecular flexibility index (Phi) is 4.26. The first-order chi connectivity index (χ1) is 11.9. The molecule has 3 aromatic rings. The molecule has 24 heavy (non-hydrogen) atoms. The number of aromatic nitrogens is 6. The molecular weight excluding hydrogens is 312 g/mol. The summed E-state index contributed by atoms with van der Waals surface area (Å²) in [5.41, 5.74) is 0.951. The first-order valence-electron chi connectivity index (χ1n) is 7.76. The summed E-state index contributed by atoms with van der Waals surface area (Å²) in [5, 5.41) is 17.5. The van der Waals surface area contributed by atoms with Crippen molar-refractivity contribution >= 4 is 0 Å². The quantitative estimate of drug-likeness (QED) is 0.750. The van der Waals surface area contributed by atoms with Crippen LogP contribution in [0.25, 0.3) is 11.6 Å². The smallest absolute Gasteiger partial charge is 0.260 e. The maximum atomic E-state index is 6.25. The van der Waals surface area contributed by atoms with Crippen molar-refractivity contribution in [3.05, 3.63) is 41.8 Å². The third-order valence-electron chi connectivity index (χ3n) is 3.81. The Bertz CT molecular complexity index is 755. The summed E-state index contributed by atoms with van der Waals surface area (Å²) in [5.74, 6) is 0.922. The van der Waals surface area contributed by atoms with Gasteiger partial charge >= 0.3 is 0 Å². The maximum absolute atomic E-state index is 6.25. The molecule has 0 spiro atoms. The molecule has 4 rings (SSSR count). The second-order valence-corrected chi connectivity index (χ2v) is 5.43. The highest BCUT2D eigenvalue weighted by molar-refractivity contribution is 5.39. The number of hydrogen-bond donors (Lipinski definition) is 1. The molecule has 9 nitrogen and oxygen atoms in total. The molecule has 1 fully saturated rings. The second kappa shape index (κ2) is 6.85. The molecule has 2 aromatic heterocycles. The van der Waals surface area contributed by atoms with Gasteiger partial charge in [0.25, 0.3) is 5.89 Å². The van der Waals surface area contributed by atoms with Gasteiger partial charge in [-0.2, -0.15) is 10.2 Å². The van der Waals surface area contributed by atoms with Gasteiger partial charge in [0.2, 0.25) is 11.6 Å². The van der Waals surface area contributed by atoms with Gasteiger partial charge in [0.1, 0.15) is 0 Å². The molecule has 0 saturated carbocycles. The van der Waals surface area contributed by atoms with Gasteiger partial charge in [-0.25, -0.2) is 0 Å². The van der Waals surface area contributed by atoms with Crippen LogP contribution in [0.2, 0.25) is 0 Å². The van der Waals surface area contributed by atoms with Crippen LogP contribution >= 0.6 is 0 Å². The minimum Gasteiger partial charge on any atom is -0.381 e. The molecule has 1 aliphatic heterocycles. The molecule has 124 valence electrons. The van der Waals surface area contributed by atoms with Crippen LogP contribution in [-0.2, 0) is 9.47 Å². The average molecular weight is 328 g/mol. The highest BCUT2D eigenvalue weighted by Crippen LogP contribution is 2.29. The number of H-pyrrole nitrogens is 1. The predicted molar refractivity (Wildman–Crippen MR) is 80.7 cm³/mol. The Hall–Kier alpha value is -2.65. The molecule has 0 aliphatic carbocycles. The first-order valence-corrected chi connectivity index (χ1v) is 7.76. The zero-order valence-corrected chi connectivity index (χ0v) is 12.8. The molecule has 1 aromatic carbocycles. The fraction of sp³-hybridized carbons (Fsp3) is 0.400. The van der Waals surface area contributed by atoms with Crippen LogP contribution in [0.5, 0.6) is 0 Å². The molecule has 1 saturated heterocycles. The van der Waals surface area contributed by atoms with Crippen molar-refractivity contribution in [2.45, 2.75) is 25.0 Å². The monoisotopic (exact) mass is 328 g/mol. The number of aromatic amines is 1. The number of tetrazole rings is 1. The Labute approximate surface area is 137 Å². The average Bonchev–Trinajstić information content (AvgIpc) is 3.33. The Balaban J connectivity index is 1.62. The van der Waals surface area contributed by atoms with Crippen LogP contribution in [0.4, 0.5) is 0 Å². The van der Waals surface area contributed by atoms with E-state index < -0.39 is 6.10 Å². The van der Waals surface area contributed by atoms with Gasteiger partial charge in [0.05, 0.1) is 6.10 Å². The zero-order chi connectivity index (χ0) is 16.2. The fourth-order valence-corrected chi connectivity index (χ4v) is 2.60. The molecule has 3 heterocycles. The summed E-state index contributed by atoms with van der Waals surface area (Å²) in [7, 11) is 0. The van der Waals surface area contributed by atoms with E-state index in [2.05, 4.69) is 30.8 Å². The highest BCUT2D eigenvalue weighted by Gasteiger charge is 2.27. The molecule has 0 radical (unpaired) electrons. The van der Waals surface area contributed by atoms with Crippen LogP contribution in [0, 0.1) is 0 Å². The molecular formula is C15H16N6O3. The van der Waals surface area contributed by atoms with Crippen molar-refractivity contribution < 1.29 is 14.0 Å². The molecule has 1 aliphatic rings. The van der Waals surface area contributed by atoms with Crippen LogP contribution in [0.1, 0.15) is 30.4 Å². The van der Waals surface area contributed by atoms with E-state index in [1.807, 2.05) is 30.3 Å². The van der Waals surface area contributed by atoms with Crippen molar-refractivity contribution in [1.82, 2.24) is 30.8 Å². The summed E-state index contributed by atoms with van der Waals surface area (Å²) in [4.78, 5) is 4.38. The topological polar surface area (TPSA) is 112 Å². The van der Waals surface area contributed by atoms with E-state index >= 15 is 0 Å². The summed E-state index contributed by atoms with van der Waals surface area (Å²) in [6.45, 7) is 1.40. The summed E-state index contributed by atoms with van der Waals surface area (Å²) in [6.07, 6.45) is 1.33. The van der Waals surface area contributed by atoms with Crippen molar-refractivity contribution in [2.75, 3.05) is 13.2 Å². The van der Waals surface area contributed by atoms with Crippen molar-refractivity contribution in [3.8, 4) is 11.6 Å². The number of benzene rings is 1. The molecule has 0 bridgehead atoms. The Morgan fingerprint density at radius 1 is 1.12 bits per heavy atom. The van der Waals surface area contributed by atoms with Crippen molar-refractivity contribution in [3.63, 3.8) is 0 Å². The number of hydrogen-bond acceptors (Lipinski definition) is 8. The third kappa shape index (κ3) is 3.17. The SMILES string of the molecule is c1ccc(C(OC2CCOCC2)c2nc(-c3nn[nH]n3)no2)cc1. The predicted octanol–water partition coefficient (Wildman–Crippen LogP) is 1.53. The van der Waals surface area contributed by atoms with Crippen molar-refractivity contribution in [2.24, 2.45) is 0 Å². The van der Waals surface area contributed by atoms with Gasteiger partial charge in [-0.1, -0.05) is 35.5 Å². The van der Waals surface area contributed by atoms with E-state index in [9.17, 15) is 0 Å². The van der Waals surface area contributed by atoms with Gasteiger partial charge in [-0.15, -0.1) is 10.2 Å². The molecule has 9 heteroatoms. The summed E-state index contributed by atoms with van der Waals surface area (Å²) in [6, 6.07) is 9.80. The van der Waals surface area contributed by atoms with Crippen molar-refractivity contribution in [1.29, 1.82) is 0 Å². The molecule has 1 N–H and O–H groups in total. The van der Waals surface area contributed by atoms with Crippen LogP contribution < -0.4 is 0 Å². The second-order valence-electron chi connectivity index (χ2n) is 5.43. The van der Waals surface area contributed by atoms with Gasteiger partial charge < -0.3 is 14.0 Å². The third-order valence-corrected chi connectivity index (χ3v) is 3.81. The summed E-state index contributed by atoms with van der Waals surface area (Å²) >= 11 is 0. The van der Waals surface area contributed by atoms with Crippen LogP contribution in [-0.4, -0.2) is 50.1 Å². The standard InChI is InChI=1S/C15H16N6O3/c1-2-4-10(5-3-1)12(23-11-6-8-22-9-7-11)15-16-13(19-24-15)14-17-20-21-18-14/h1-5,11-12H,6-9H2,(H,17,18,20,21). The number of rotatable bonds is 5. The molecule has 0 amide bonds. The lowest BCUT2D eigenvalue weighted by molar-refractivity contribution is -0.0647. The fourth-order valence-electron chi connectivity index (χ4n) is 2.60. The van der Waals surface area contributed by atoms with Gasteiger partial charge in [0.15, 0.2) is 6.10 Å². The van der Waals surface area contributed by atoms with Gasteiger partial charge in [-0.3, -0.25) is 0 Å². The summed E-state index contributed by atoms with van der Waals surface area (Å²) < 4.78 is 17.0. The number of ether oxygens (including phenoxy) is 2. The minimum atomic E-state index is -0.442. The lowest BCUT2D eigenvalue weighted by Crippen LogP contribution is -2.25. The maximum Gasteiger partial charge on any atom is 0.260 e. The van der Waals surface area contributed by atoms with Gasteiger partial charge in [-0.05, 0) is 23.6 Å². The largest absolute Gasteiger partial charge is 0.381 e. The Morgan fingerprint density at radius 3 is 2.71 bits per heavy atom. The van der Waals surface area contributed by atoms with E-state index in [1.54, 1.807) is 0 Å². The van der Waals surface area contributed by atoms with Gasteiger partial charge in [0, 0.05) is 13.2 Å². The van der Waals surface area contributed by atoms with E-state index in [-0.39, 0.29) is 17.8 Å². The lowest BCUT2D eigenvalue weighted by Gasteiger charge is -2.26. The van der Waals surface area contributed by atoms with E-state index in [0.717, 1.165) is 18.4 Å². The van der Waals surface area contributed by atoms with Crippen LogP contribution in [0.3, 0.4) is 0 Å². The van der Waals surface area contributed by atoms with E-state index in [4.69, 9.17) is 14.0 Å². The number of nitrogens with zero attached hydrogens (tertiary/aromatic N) is 5. The zero-order valence-electron chi connectivity index (χ0n) is 12.8. The highest BCUT2D eigenvalue weighted by atomic mass is 16.5. The van der Waals surface area contributed by atoms with E-state index in [1.165, 1.54) is 0 Å². The lowest BCUT2D eigenvalue weighted by atomic mass is 10.1. The number of nitrogens with one attached hydrogen (secondary N) is 1. The van der Waals surface area contributed by atoms with E-state index in [0.29, 0.717) is 19.1 Å². The molecule has 1 atom stereocenters. The first kappa shape index (κ1) is 14.9.